The number of anilines is 1. The Morgan fingerprint density at radius 3 is 2.67 bits per heavy atom. The van der Waals surface area contributed by atoms with E-state index >= 15 is 0 Å². The van der Waals surface area contributed by atoms with Crippen LogP contribution < -0.4 is 10.6 Å². The number of carbonyl (C=O) groups excluding carboxylic acids is 1. The molecule has 4 nitrogen and oxygen atoms in total. The second-order valence-corrected chi connectivity index (χ2v) is 6.37. The van der Waals surface area contributed by atoms with Crippen molar-refractivity contribution >= 4 is 39.1 Å². The number of nitriles is 1. The first-order chi connectivity index (χ1) is 11.5. The number of rotatable bonds is 5. The first-order valence-electron chi connectivity index (χ1n) is 7.16. The van der Waals surface area contributed by atoms with Gasteiger partial charge in [-0.15, -0.1) is 0 Å². The van der Waals surface area contributed by atoms with E-state index in [1.165, 1.54) is 6.20 Å². The molecule has 0 atom stereocenters. The normalized spacial score (nSPS) is 10.8. The largest absolute Gasteiger partial charge is 0.386 e. The zero-order valence-electron chi connectivity index (χ0n) is 12.9. The SMILES string of the molecule is Cc1c(Cl)cccc1NC(=O)/C(C#N)=C\NCc1ccc(Br)cc1. The third-order valence-electron chi connectivity index (χ3n) is 3.35. The van der Waals surface area contributed by atoms with Crippen LogP contribution in [0.4, 0.5) is 5.69 Å². The quantitative estimate of drug-likeness (QED) is 0.568. The van der Waals surface area contributed by atoms with Crippen LogP contribution in [0.1, 0.15) is 11.1 Å². The lowest BCUT2D eigenvalue weighted by atomic mass is 10.2. The maximum atomic E-state index is 12.2. The van der Waals surface area contributed by atoms with Gasteiger partial charge in [-0.3, -0.25) is 4.79 Å². The summed E-state index contributed by atoms with van der Waals surface area (Å²) in [5.41, 5.74) is 2.37. The molecule has 24 heavy (non-hydrogen) atoms. The highest BCUT2D eigenvalue weighted by molar-refractivity contribution is 9.10. The van der Waals surface area contributed by atoms with Crippen molar-refractivity contribution in [3.63, 3.8) is 0 Å². The van der Waals surface area contributed by atoms with E-state index < -0.39 is 5.91 Å². The molecule has 0 aliphatic carbocycles. The summed E-state index contributed by atoms with van der Waals surface area (Å²) < 4.78 is 0.996. The predicted octanol–water partition coefficient (Wildman–Crippen LogP) is 4.55. The van der Waals surface area contributed by atoms with Crippen molar-refractivity contribution in [3.8, 4) is 6.07 Å². The van der Waals surface area contributed by atoms with E-state index in [0.717, 1.165) is 15.6 Å². The van der Waals surface area contributed by atoms with Crippen molar-refractivity contribution in [2.24, 2.45) is 0 Å². The van der Waals surface area contributed by atoms with Crippen LogP contribution in [0.3, 0.4) is 0 Å². The van der Waals surface area contributed by atoms with Gasteiger partial charge < -0.3 is 10.6 Å². The second-order valence-electron chi connectivity index (χ2n) is 5.04. The minimum Gasteiger partial charge on any atom is -0.386 e. The number of carbonyl (C=O) groups is 1. The molecule has 0 bridgehead atoms. The monoisotopic (exact) mass is 403 g/mol. The number of nitrogens with zero attached hydrogens (tertiary/aromatic N) is 1. The third-order valence-corrected chi connectivity index (χ3v) is 4.28. The number of benzene rings is 2. The van der Waals surface area contributed by atoms with Crippen molar-refractivity contribution in [2.75, 3.05) is 5.32 Å². The van der Waals surface area contributed by atoms with Gasteiger partial charge in [-0.2, -0.15) is 5.26 Å². The lowest BCUT2D eigenvalue weighted by Gasteiger charge is -2.09. The fraction of sp³-hybridized carbons (Fsp3) is 0.111. The molecular weight excluding hydrogens is 390 g/mol. The molecule has 0 heterocycles. The summed E-state index contributed by atoms with van der Waals surface area (Å²) in [6, 6.07) is 14.9. The Balaban J connectivity index is 2.01. The zero-order chi connectivity index (χ0) is 17.5. The topological polar surface area (TPSA) is 64.9 Å². The standard InChI is InChI=1S/C18H15BrClN3O/c1-12-16(20)3-2-4-17(12)23-18(24)14(9-21)11-22-10-13-5-7-15(19)8-6-13/h2-8,11,22H,10H2,1H3,(H,23,24)/b14-11-. The van der Waals surface area contributed by atoms with Crippen LogP contribution in [-0.4, -0.2) is 5.91 Å². The van der Waals surface area contributed by atoms with E-state index in [4.69, 9.17) is 11.6 Å². The Hall–Kier alpha value is -2.29. The smallest absolute Gasteiger partial charge is 0.267 e. The van der Waals surface area contributed by atoms with Gasteiger partial charge in [-0.1, -0.05) is 45.7 Å². The lowest BCUT2D eigenvalue weighted by Crippen LogP contribution is -2.17. The molecule has 0 saturated carbocycles. The van der Waals surface area contributed by atoms with Crippen LogP contribution in [0.15, 0.2) is 58.7 Å². The van der Waals surface area contributed by atoms with Gasteiger partial charge in [0.15, 0.2) is 0 Å². The average Bonchev–Trinajstić information content (AvgIpc) is 2.57. The molecule has 1 amide bonds. The maximum absolute atomic E-state index is 12.2. The second kappa shape index (κ2) is 8.53. The van der Waals surface area contributed by atoms with Gasteiger partial charge in [-0.05, 0) is 42.3 Å². The highest BCUT2D eigenvalue weighted by Crippen LogP contribution is 2.23. The summed E-state index contributed by atoms with van der Waals surface area (Å²) in [6.07, 6.45) is 1.41. The highest BCUT2D eigenvalue weighted by Gasteiger charge is 2.11. The zero-order valence-corrected chi connectivity index (χ0v) is 15.3. The maximum Gasteiger partial charge on any atom is 0.267 e. The molecule has 2 aromatic carbocycles. The van der Waals surface area contributed by atoms with Crippen LogP contribution in [0.5, 0.6) is 0 Å². The fourth-order valence-electron chi connectivity index (χ4n) is 1.95. The highest BCUT2D eigenvalue weighted by atomic mass is 79.9. The summed E-state index contributed by atoms with van der Waals surface area (Å²) in [5, 5.41) is 15.4. The minimum atomic E-state index is -0.480. The molecule has 0 aliphatic rings. The van der Waals surface area contributed by atoms with Crippen molar-refractivity contribution < 1.29 is 4.79 Å². The first kappa shape index (κ1) is 18.1. The van der Waals surface area contributed by atoms with Crippen LogP contribution >= 0.6 is 27.5 Å². The molecule has 0 aliphatic heterocycles. The molecule has 0 saturated heterocycles. The van der Waals surface area contributed by atoms with Crippen molar-refractivity contribution in [1.82, 2.24) is 5.32 Å². The van der Waals surface area contributed by atoms with Gasteiger partial charge in [0.2, 0.25) is 0 Å². The van der Waals surface area contributed by atoms with E-state index in [2.05, 4.69) is 26.6 Å². The van der Waals surface area contributed by atoms with Gasteiger partial charge in [0.25, 0.3) is 5.91 Å². The van der Waals surface area contributed by atoms with Crippen LogP contribution in [0, 0.1) is 18.3 Å². The summed E-state index contributed by atoms with van der Waals surface area (Å²) in [4.78, 5) is 12.2. The van der Waals surface area contributed by atoms with Crippen molar-refractivity contribution in [3.05, 3.63) is 74.9 Å². The minimum absolute atomic E-state index is 0.00788. The predicted molar refractivity (Wildman–Crippen MR) is 99.5 cm³/mol. The molecular formula is C18H15BrClN3O. The van der Waals surface area contributed by atoms with Crippen LogP contribution in [0.25, 0.3) is 0 Å². The summed E-state index contributed by atoms with van der Waals surface area (Å²) in [6.45, 7) is 2.32. The van der Waals surface area contributed by atoms with Gasteiger partial charge in [0.05, 0.1) is 0 Å². The van der Waals surface area contributed by atoms with Gasteiger partial charge in [-0.25, -0.2) is 0 Å². The van der Waals surface area contributed by atoms with E-state index in [1.807, 2.05) is 30.3 Å². The molecule has 2 aromatic rings. The van der Waals surface area contributed by atoms with Gasteiger partial charge in [0.1, 0.15) is 11.6 Å². The average molecular weight is 405 g/mol. The molecule has 0 fully saturated rings. The van der Waals surface area contributed by atoms with Crippen molar-refractivity contribution in [1.29, 1.82) is 5.26 Å². The van der Waals surface area contributed by atoms with Gasteiger partial charge >= 0.3 is 0 Å². The summed E-state index contributed by atoms with van der Waals surface area (Å²) in [5.74, 6) is -0.480. The van der Waals surface area contributed by atoms with Crippen LogP contribution in [0.2, 0.25) is 5.02 Å². The molecule has 6 heteroatoms. The molecule has 2 rings (SSSR count). The van der Waals surface area contributed by atoms with E-state index in [1.54, 1.807) is 25.1 Å². The van der Waals surface area contributed by atoms with Gasteiger partial charge in [0, 0.05) is 27.9 Å². The molecule has 0 radical (unpaired) electrons. The van der Waals surface area contributed by atoms with E-state index in [9.17, 15) is 10.1 Å². The Labute approximate surface area is 154 Å². The number of hydrogen-bond acceptors (Lipinski definition) is 3. The number of halogens is 2. The molecule has 2 N–H and O–H groups in total. The molecule has 0 spiro atoms. The summed E-state index contributed by atoms with van der Waals surface area (Å²) >= 11 is 9.40. The van der Waals surface area contributed by atoms with Crippen LogP contribution in [-0.2, 0) is 11.3 Å². The van der Waals surface area contributed by atoms with Crippen molar-refractivity contribution in [2.45, 2.75) is 13.5 Å². The molecule has 122 valence electrons. The molecule has 0 unspecified atom stereocenters. The Morgan fingerprint density at radius 1 is 1.29 bits per heavy atom. The van der Waals surface area contributed by atoms with E-state index in [-0.39, 0.29) is 5.57 Å². The lowest BCUT2D eigenvalue weighted by molar-refractivity contribution is -0.112. The number of hydrogen-bond donors (Lipinski definition) is 2. The first-order valence-corrected chi connectivity index (χ1v) is 8.33. The molecule has 0 aromatic heterocycles. The Bertz CT molecular complexity index is 810. The fourth-order valence-corrected chi connectivity index (χ4v) is 2.39. The number of nitrogens with one attached hydrogen (secondary N) is 2. The third kappa shape index (κ3) is 4.85. The van der Waals surface area contributed by atoms with E-state index in [0.29, 0.717) is 17.3 Å². The summed E-state index contributed by atoms with van der Waals surface area (Å²) in [7, 11) is 0. The number of amides is 1. The Morgan fingerprint density at radius 2 is 2.00 bits per heavy atom. The Kier molecular flexibility index (Phi) is 6.42.